The Kier molecular flexibility index (Phi) is 6.24. The molecule has 170 valence electrons. The van der Waals surface area contributed by atoms with Crippen LogP contribution in [0.4, 0.5) is 15.8 Å². The number of nitrogens with zero attached hydrogens (tertiary/aromatic N) is 3. The molecule has 0 aliphatic carbocycles. The van der Waals surface area contributed by atoms with Gasteiger partial charge in [-0.2, -0.15) is 0 Å². The maximum atomic E-state index is 14.8. The van der Waals surface area contributed by atoms with Crippen LogP contribution in [-0.4, -0.2) is 57.2 Å². The molecule has 0 radical (unpaired) electrons. The molecule has 2 aliphatic heterocycles. The fourth-order valence-corrected chi connectivity index (χ4v) is 4.19. The maximum Gasteiger partial charge on any atom is 0.293 e. The molecule has 0 aromatic heterocycles. The number of hydrogen-bond donors (Lipinski definition) is 0. The summed E-state index contributed by atoms with van der Waals surface area (Å²) in [5.41, 5.74) is 3.32. The van der Waals surface area contributed by atoms with Crippen LogP contribution in [-0.2, 0) is 14.9 Å². The highest BCUT2D eigenvalue weighted by Gasteiger charge is 2.28. The van der Waals surface area contributed by atoms with E-state index < -0.39 is 0 Å². The van der Waals surface area contributed by atoms with Crippen LogP contribution in [0.15, 0.2) is 48.2 Å². The van der Waals surface area contributed by atoms with Gasteiger partial charge in [-0.15, -0.1) is 0 Å². The highest BCUT2D eigenvalue weighted by molar-refractivity contribution is 6.07. The number of likely N-dealkylation sites (N-methyl/N-ethyl adjacent to an activating group) is 1. The van der Waals surface area contributed by atoms with Gasteiger partial charge in [0.2, 0.25) is 0 Å². The van der Waals surface area contributed by atoms with Gasteiger partial charge in [-0.1, -0.05) is 45.0 Å². The summed E-state index contributed by atoms with van der Waals surface area (Å²) < 4.78 is 20.6. The van der Waals surface area contributed by atoms with Crippen LogP contribution in [0.1, 0.15) is 31.9 Å². The van der Waals surface area contributed by atoms with Crippen LogP contribution in [0.2, 0.25) is 0 Å². The minimum atomic E-state index is -0.276. The fourth-order valence-electron chi connectivity index (χ4n) is 4.19. The Morgan fingerprint density at radius 3 is 2.31 bits per heavy atom. The third-order valence-electron chi connectivity index (χ3n) is 6.20. The Morgan fingerprint density at radius 2 is 1.66 bits per heavy atom. The standard InChI is InChI=1S/C26H32FN3O2/c1-26(2,3)20-8-10-21(11-9-20)30-16-17-32-23(25(30)31)18-19-6-5-7-22(27)24(19)29-14-12-28(4)13-15-29/h5-11,18H,12-17H2,1-4H3. The molecule has 2 aromatic carbocycles. The van der Waals surface area contributed by atoms with Gasteiger partial charge < -0.3 is 19.4 Å². The molecule has 0 spiro atoms. The molecule has 1 amide bonds. The zero-order chi connectivity index (χ0) is 22.9. The number of carbonyl (C=O) groups excluding carboxylic acids is 1. The minimum Gasteiger partial charge on any atom is -0.486 e. The van der Waals surface area contributed by atoms with Crippen molar-refractivity contribution in [3.8, 4) is 0 Å². The number of benzene rings is 2. The molecule has 0 saturated carbocycles. The van der Waals surface area contributed by atoms with Gasteiger partial charge in [0, 0.05) is 37.4 Å². The lowest BCUT2D eigenvalue weighted by Crippen LogP contribution is -2.45. The van der Waals surface area contributed by atoms with Gasteiger partial charge in [-0.25, -0.2) is 4.39 Å². The Labute approximate surface area is 190 Å². The normalized spacial score (nSPS) is 19.4. The second-order valence-electron chi connectivity index (χ2n) is 9.58. The zero-order valence-electron chi connectivity index (χ0n) is 19.4. The van der Waals surface area contributed by atoms with Crippen LogP contribution >= 0.6 is 0 Å². The summed E-state index contributed by atoms with van der Waals surface area (Å²) in [6.07, 6.45) is 1.69. The van der Waals surface area contributed by atoms with Gasteiger partial charge in [0.25, 0.3) is 5.91 Å². The summed E-state index contributed by atoms with van der Waals surface area (Å²) in [6.45, 7) is 10.6. The van der Waals surface area contributed by atoms with Crippen LogP contribution < -0.4 is 9.80 Å². The van der Waals surface area contributed by atoms with Crippen molar-refractivity contribution in [1.29, 1.82) is 0 Å². The lowest BCUT2D eigenvalue weighted by atomic mass is 9.87. The first-order chi connectivity index (χ1) is 15.2. The predicted octanol–water partition coefficient (Wildman–Crippen LogP) is 4.28. The van der Waals surface area contributed by atoms with E-state index in [2.05, 4.69) is 49.8 Å². The van der Waals surface area contributed by atoms with Crippen molar-refractivity contribution in [1.82, 2.24) is 4.90 Å². The van der Waals surface area contributed by atoms with E-state index in [1.807, 2.05) is 18.2 Å². The first-order valence-corrected chi connectivity index (χ1v) is 11.2. The maximum absolute atomic E-state index is 14.8. The number of amides is 1. The average molecular weight is 438 g/mol. The smallest absolute Gasteiger partial charge is 0.293 e. The Balaban J connectivity index is 1.61. The summed E-state index contributed by atoms with van der Waals surface area (Å²) in [7, 11) is 2.07. The van der Waals surface area contributed by atoms with Gasteiger partial charge in [0.1, 0.15) is 12.4 Å². The number of morpholine rings is 1. The van der Waals surface area contributed by atoms with Gasteiger partial charge in [0.15, 0.2) is 5.76 Å². The van der Waals surface area contributed by atoms with Crippen molar-refractivity contribution in [3.63, 3.8) is 0 Å². The topological polar surface area (TPSA) is 36.0 Å². The number of rotatable bonds is 3. The molecule has 2 fully saturated rings. The third-order valence-corrected chi connectivity index (χ3v) is 6.20. The first-order valence-electron chi connectivity index (χ1n) is 11.2. The van der Waals surface area contributed by atoms with E-state index in [-0.39, 0.29) is 22.9 Å². The summed E-state index contributed by atoms with van der Waals surface area (Å²) in [5.74, 6) is -0.229. The van der Waals surface area contributed by atoms with Gasteiger partial charge in [0.05, 0.1) is 12.2 Å². The van der Waals surface area contributed by atoms with Crippen molar-refractivity contribution >= 4 is 23.4 Å². The molecule has 2 heterocycles. The summed E-state index contributed by atoms with van der Waals surface area (Å²) in [6, 6.07) is 13.1. The van der Waals surface area contributed by atoms with Crippen molar-refractivity contribution in [3.05, 3.63) is 65.2 Å². The number of hydrogen-bond acceptors (Lipinski definition) is 4. The first kappa shape index (κ1) is 22.3. The molecule has 5 nitrogen and oxygen atoms in total. The Hall–Kier alpha value is -2.86. The fraction of sp³-hybridized carbons (Fsp3) is 0.423. The van der Waals surface area contributed by atoms with Crippen molar-refractivity contribution in [2.75, 3.05) is 56.2 Å². The van der Waals surface area contributed by atoms with E-state index in [9.17, 15) is 9.18 Å². The SMILES string of the molecule is CN1CCN(c2c(F)cccc2C=C2OCCN(c3ccc(C(C)(C)C)cc3)C2=O)CC1. The van der Waals surface area contributed by atoms with E-state index in [0.717, 1.165) is 31.9 Å². The van der Waals surface area contributed by atoms with E-state index in [0.29, 0.717) is 24.4 Å². The van der Waals surface area contributed by atoms with Gasteiger partial charge in [-0.3, -0.25) is 4.79 Å². The summed E-state index contributed by atoms with van der Waals surface area (Å²) in [4.78, 5) is 19.3. The quantitative estimate of drug-likeness (QED) is 0.672. The predicted molar refractivity (Wildman–Crippen MR) is 128 cm³/mol. The van der Waals surface area contributed by atoms with E-state index in [1.165, 1.54) is 11.6 Å². The number of ether oxygens (including phenoxy) is 1. The number of anilines is 2. The third kappa shape index (κ3) is 4.65. The van der Waals surface area contributed by atoms with Crippen LogP contribution in [0.3, 0.4) is 0 Å². The molecule has 0 atom stereocenters. The van der Waals surface area contributed by atoms with Crippen molar-refractivity contribution < 1.29 is 13.9 Å². The number of halogens is 1. The second kappa shape index (κ2) is 8.94. The van der Waals surface area contributed by atoms with E-state index in [4.69, 9.17) is 4.74 Å². The molecular formula is C26H32FN3O2. The molecule has 6 heteroatoms. The number of carbonyl (C=O) groups is 1. The monoisotopic (exact) mass is 437 g/mol. The molecule has 0 N–H and O–H groups in total. The van der Waals surface area contributed by atoms with E-state index >= 15 is 0 Å². The van der Waals surface area contributed by atoms with E-state index in [1.54, 1.807) is 17.0 Å². The van der Waals surface area contributed by atoms with Crippen molar-refractivity contribution in [2.24, 2.45) is 0 Å². The lowest BCUT2D eigenvalue weighted by Gasteiger charge is -2.35. The highest BCUT2D eigenvalue weighted by Crippen LogP contribution is 2.30. The highest BCUT2D eigenvalue weighted by atomic mass is 19.1. The minimum absolute atomic E-state index is 0.0512. The summed E-state index contributed by atoms with van der Waals surface area (Å²) >= 11 is 0. The number of piperazine rings is 1. The number of para-hydroxylation sites is 1. The molecule has 2 aliphatic rings. The second-order valence-corrected chi connectivity index (χ2v) is 9.58. The zero-order valence-corrected chi connectivity index (χ0v) is 19.4. The Morgan fingerprint density at radius 1 is 0.969 bits per heavy atom. The molecule has 32 heavy (non-hydrogen) atoms. The lowest BCUT2D eigenvalue weighted by molar-refractivity contribution is -0.120. The van der Waals surface area contributed by atoms with Crippen LogP contribution in [0, 0.1) is 5.82 Å². The van der Waals surface area contributed by atoms with Crippen molar-refractivity contribution in [2.45, 2.75) is 26.2 Å². The molecule has 4 rings (SSSR count). The Bertz CT molecular complexity index is 1000. The molecule has 2 aromatic rings. The largest absolute Gasteiger partial charge is 0.486 e. The average Bonchev–Trinajstić information content (AvgIpc) is 2.76. The molecular weight excluding hydrogens is 405 g/mol. The van der Waals surface area contributed by atoms with Crippen LogP contribution in [0.5, 0.6) is 0 Å². The van der Waals surface area contributed by atoms with Gasteiger partial charge in [-0.05, 0) is 42.3 Å². The van der Waals surface area contributed by atoms with Gasteiger partial charge >= 0.3 is 0 Å². The molecule has 0 bridgehead atoms. The molecule has 2 saturated heterocycles. The van der Waals surface area contributed by atoms with Crippen LogP contribution in [0.25, 0.3) is 6.08 Å². The summed E-state index contributed by atoms with van der Waals surface area (Å²) in [5, 5.41) is 0. The molecule has 0 unspecified atom stereocenters.